The van der Waals surface area contributed by atoms with Gasteiger partial charge in [-0.25, -0.2) is 4.79 Å². The lowest BCUT2D eigenvalue weighted by atomic mass is 10.2. The average molecular weight is 220 g/mol. The van der Waals surface area contributed by atoms with E-state index in [1.165, 1.54) is 6.08 Å². The highest BCUT2D eigenvalue weighted by Gasteiger charge is 1.99. The van der Waals surface area contributed by atoms with Gasteiger partial charge in [0, 0.05) is 5.56 Å². The molecule has 0 heterocycles. The van der Waals surface area contributed by atoms with Crippen molar-refractivity contribution in [1.29, 1.82) is 0 Å². The summed E-state index contributed by atoms with van der Waals surface area (Å²) in [7, 11) is 0. The Labute approximate surface area is 87.7 Å². The maximum absolute atomic E-state index is 10.8. The molecule has 1 amide bonds. The minimum absolute atomic E-state index is 0. The molecule has 0 bridgehead atoms. The number of carbonyl (C=O) groups excluding carboxylic acids is 2. The smallest absolute Gasteiger partial charge is 0.266 e. The molecule has 0 aromatic heterocycles. The number of nitrogens with zero attached hydrogens (tertiary/aromatic N) is 1. The fourth-order valence-corrected chi connectivity index (χ4v) is 0.687. The van der Waals surface area contributed by atoms with E-state index in [2.05, 4.69) is 4.99 Å². The van der Waals surface area contributed by atoms with E-state index in [0.29, 0.717) is 5.56 Å². The molecule has 5 heteroatoms. The van der Waals surface area contributed by atoms with E-state index in [1.807, 2.05) is 0 Å². The summed E-state index contributed by atoms with van der Waals surface area (Å²) in [4.78, 5) is 23.4. The molecule has 1 aromatic carbocycles. The van der Waals surface area contributed by atoms with Crippen LogP contribution in [-0.2, 0) is 4.79 Å². The Morgan fingerprint density at radius 2 is 1.69 bits per heavy atom. The molecule has 0 saturated heterocycles. The standard InChI is InChI=1S/C8H5NO2.2ClH/c10-6-9-8(11)7-4-2-1-3-5-7;;/h1-5H;2*1H. The first kappa shape index (κ1) is 14.4. The lowest BCUT2D eigenvalue weighted by Gasteiger charge is -1.88. The first-order valence-electron chi connectivity index (χ1n) is 3.02. The van der Waals surface area contributed by atoms with Gasteiger partial charge in [-0.3, -0.25) is 4.79 Å². The van der Waals surface area contributed by atoms with Gasteiger partial charge in [-0.15, -0.1) is 29.8 Å². The summed E-state index contributed by atoms with van der Waals surface area (Å²) in [5.74, 6) is -0.555. The summed E-state index contributed by atoms with van der Waals surface area (Å²) >= 11 is 0. The normalized spacial score (nSPS) is 7.08. The zero-order chi connectivity index (χ0) is 8.10. The van der Waals surface area contributed by atoms with Gasteiger partial charge in [0.25, 0.3) is 5.91 Å². The number of carbonyl (C=O) groups is 1. The number of hydrogen-bond donors (Lipinski definition) is 0. The van der Waals surface area contributed by atoms with Crippen LogP contribution in [-0.4, -0.2) is 12.0 Å². The molecule has 1 rings (SSSR count). The third-order valence-electron chi connectivity index (χ3n) is 1.17. The Morgan fingerprint density at radius 1 is 1.15 bits per heavy atom. The number of rotatable bonds is 1. The molecule has 1 aromatic rings. The maximum atomic E-state index is 10.8. The Kier molecular flexibility index (Phi) is 8.29. The van der Waals surface area contributed by atoms with Gasteiger partial charge in [-0.1, -0.05) is 18.2 Å². The molecule has 0 unspecified atom stereocenters. The number of amides is 1. The van der Waals surface area contributed by atoms with Crippen molar-refractivity contribution in [3.8, 4) is 0 Å². The predicted molar refractivity (Wildman–Crippen MR) is 53.4 cm³/mol. The lowest BCUT2D eigenvalue weighted by molar-refractivity contribution is 0.100. The molecular weight excluding hydrogens is 213 g/mol. The van der Waals surface area contributed by atoms with Gasteiger partial charge in [0.1, 0.15) is 0 Å². The second-order valence-corrected chi connectivity index (χ2v) is 1.87. The van der Waals surface area contributed by atoms with Crippen LogP contribution in [0.1, 0.15) is 10.4 Å². The molecule has 0 N–H and O–H groups in total. The second kappa shape index (κ2) is 7.50. The SMILES string of the molecule is Cl.Cl.O=C=NC(=O)c1ccccc1. The Balaban J connectivity index is 0. The van der Waals surface area contributed by atoms with Crippen LogP contribution in [0.3, 0.4) is 0 Å². The van der Waals surface area contributed by atoms with Crippen molar-refractivity contribution >= 4 is 36.8 Å². The first-order valence-corrected chi connectivity index (χ1v) is 3.02. The van der Waals surface area contributed by atoms with Crippen LogP contribution in [0, 0.1) is 0 Å². The molecule has 0 aliphatic carbocycles. The van der Waals surface area contributed by atoms with Crippen LogP contribution >= 0.6 is 24.8 Å². The summed E-state index contributed by atoms with van der Waals surface area (Å²) in [6, 6.07) is 8.36. The van der Waals surface area contributed by atoms with Crippen molar-refractivity contribution < 1.29 is 9.59 Å². The van der Waals surface area contributed by atoms with Gasteiger partial charge in [-0.05, 0) is 12.1 Å². The Hall–Kier alpha value is -1.15. The number of benzene rings is 1. The first-order chi connectivity index (χ1) is 5.34. The quantitative estimate of drug-likeness (QED) is 0.536. The highest BCUT2D eigenvalue weighted by atomic mass is 35.5. The fourth-order valence-electron chi connectivity index (χ4n) is 0.687. The van der Waals surface area contributed by atoms with Gasteiger partial charge in [0.15, 0.2) is 0 Å². The van der Waals surface area contributed by atoms with Crippen molar-refractivity contribution in [3.63, 3.8) is 0 Å². The van der Waals surface area contributed by atoms with Crippen molar-refractivity contribution in [2.45, 2.75) is 0 Å². The zero-order valence-corrected chi connectivity index (χ0v) is 8.10. The van der Waals surface area contributed by atoms with Crippen molar-refractivity contribution in [3.05, 3.63) is 35.9 Å². The highest BCUT2D eigenvalue weighted by molar-refractivity contribution is 5.97. The molecule has 0 atom stereocenters. The van der Waals surface area contributed by atoms with Crippen molar-refractivity contribution in [2.75, 3.05) is 0 Å². The maximum Gasteiger partial charge on any atom is 0.287 e. The molecule has 0 saturated carbocycles. The van der Waals surface area contributed by atoms with Gasteiger partial charge in [0.05, 0.1) is 0 Å². The van der Waals surface area contributed by atoms with E-state index in [4.69, 9.17) is 0 Å². The largest absolute Gasteiger partial charge is 0.287 e. The average Bonchev–Trinajstić information content (AvgIpc) is 2.07. The van der Waals surface area contributed by atoms with Crippen molar-refractivity contribution in [2.24, 2.45) is 4.99 Å². The van der Waals surface area contributed by atoms with Gasteiger partial charge >= 0.3 is 0 Å². The van der Waals surface area contributed by atoms with E-state index in [1.54, 1.807) is 30.3 Å². The van der Waals surface area contributed by atoms with Gasteiger partial charge in [-0.2, -0.15) is 0 Å². The van der Waals surface area contributed by atoms with Gasteiger partial charge in [0.2, 0.25) is 6.08 Å². The highest BCUT2D eigenvalue weighted by Crippen LogP contribution is 1.99. The number of aliphatic imine (C=N–C) groups is 1. The van der Waals surface area contributed by atoms with Crippen LogP contribution in [0.5, 0.6) is 0 Å². The summed E-state index contributed by atoms with van der Waals surface area (Å²) in [6.07, 6.45) is 1.19. The van der Waals surface area contributed by atoms with Crippen LogP contribution < -0.4 is 0 Å². The third-order valence-corrected chi connectivity index (χ3v) is 1.17. The molecule has 0 fully saturated rings. The number of hydrogen-bond acceptors (Lipinski definition) is 2. The zero-order valence-electron chi connectivity index (χ0n) is 6.47. The summed E-state index contributed by atoms with van der Waals surface area (Å²) in [5.41, 5.74) is 0.399. The van der Waals surface area contributed by atoms with E-state index in [9.17, 15) is 9.59 Å². The van der Waals surface area contributed by atoms with Crippen LogP contribution in [0.4, 0.5) is 0 Å². The summed E-state index contributed by atoms with van der Waals surface area (Å²) < 4.78 is 0. The molecule has 3 nitrogen and oxygen atoms in total. The van der Waals surface area contributed by atoms with E-state index in [0.717, 1.165) is 0 Å². The molecule has 0 spiro atoms. The number of halogens is 2. The third kappa shape index (κ3) is 4.43. The summed E-state index contributed by atoms with van der Waals surface area (Å²) in [6.45, 7) is 0. The molecule has 0 aliphatic heterocycles. The predicted octanol–water partition coefficient (Wildman–Crippen LogP) is 2.01. The Morgan fingerprint density at radius 3 is 2.15 bits per heavy atom. The topological polar surface area (TPSA) is 46.5 Å². The molecular formula is C8H7Cl2NO2. The monoisotopic (exact) mass is 219 g/mol. The minimum Gasteiger partial charge on any atom is -0.266 e. The molecule has 0 radical (unpaired) electrons. The minimum atomic E-state index is -0.555. The summed E-state index contributed by atoms with van der Waals surface area (Å²) in [5, 5.41) is 0. The number of isocyanates is 1. The molecule has 0 aliphatic rings. The van der Waals surface area contributed by atoms with Crippen molar-refractivity contribution in [1.82, 2.24) is 0 Å². The van der Waals surface area contributed by atoms with Crippen LogP contribution in [0.25, 0.3) is 0 Å². The van der Waals surface area contributed by atoms with Crippen LogP contribution in [0.15, 0.2) is 35.3 Å². The molecule has 13 heavy (non-hydrogen) atoms. The van der Waals surface area contributed by atoms with E-state index < -0.39 is 5.91 Å². The Bertz CT molecular complexity index is 307. The lowest BCUT2D eigenvalue weighted by Crippen LogP contribution is -1.92. The fraction of sp³-hybridized carbons (Fsp3) is 0. The molecule has 70 valence electrons. The van der Waals surface area contributed by atoms with Crippen LogP contribution in [0.2, 0.25) is 0 Å². The van der Waals surface area contributed by atoms with E-state index in [-0.39, 0.29) is 24.8 Å². The van der Waals surface area contributed by atoms with E-state index >= 15 is 0 Å². The van der Waals surface area contributed by atoms with Gasteiger partial charge < -0.3 is 0 Å². The second-order valence-electron chi connectivity index (χ2n) is 1.87.